The number of aliphatic imine (C=N–C) groups is 1. The largest absolute Gasteiger partial charge is 0.357 e. The van der Waals surface area contributed by atoms with Crippen LogP contribution in [0, 0.1) is 0 Å². The standard InChI is InChI=1S/C15H25N7S2.HI/c1-6-16-13(17-7-11-9-23-14(19-11)21(2)3)18-8-12-10-24-15(20-12)22(4)5;/h9-10H,6-8H2,1-5H3,(H2,16,17,18);1H. The molecule has 0 aliphatic heterocycles. The van der Waals surface area contributed by atoms with E-state index in [0.717, 1.165) is 34.2 Å². The molecular weight excluding hydrogens is 469 g/mol. The second-order valence-electron chi connectivity index (χ2n) is 5.58. The van der Waals surface area contributed by atoms with Gasteiger partial charge in [-0.25, -0.2) is 15.0 Å². The molecule has 2 heterocycles. The molecule has 140 valence electrons. The first-order valence-electron chi connectivity index (χ1n) is 7.75. The van der Waals surface area contributed by atoms with Gasteiger partial charge >= 0.3 is 0 Å². The Balaban J connectivity index is 0.00000312. The highest BCUT2D eigenvalue weighted by Gasteiger charge is 2.06. The number of aromatic nitrogens is 2. The minimum absolute atomic E-state index is 0. The number of anilines is 2. The minimum Gasteiger partial charge on any atom is -0.357 e. The van der Waals surface area contributed by atoms with Gasteiger partial charge in [-0.05, 0) is 6.92 Å². The summed E-state index contributed by atoms with van der Waals surface area (Å²) in [7, 11) is 7.98. The minimum atomic E-state index is 0. The summed E-state index contributed by atoms with van der Waals surface area (Å²) >= 11 is 3.27. The molecule has 7 nitrogen and oxygen atoms in total. The van der Waals surface area contributed by atoms with E-state index in [-0.39, 0.29) is 24.0 Å². The highest BCUT2D eigenvalue weighted by atomic mass is 127. The summed E-state index contributed by atoms with van der Waals surface area (Å²) in [5, 5.41) is 12.7. The first-order valence-corrected chi connectivity index (χ1v) is 9.51. The van der Waals surface area contributed by atoms with Crippen LogP contribution in [0.15, 0.2) is 15.8 Å². The molecule has 10 heteroatoms. The molecular formula is C15H26IN7S2. The normalized spacial score (nSPS) is 11.0. The smallest absolute Gasteiger partial charge is 0.191 e. The molecule has 0 radical (unpaired) electrons. The third-order valence-electron chi connectivity index (χ3n) is 3.02. The number of halogens is 1. The van der Waals surface area contributed by atoms with Crippen LogP contribution in [0.25, 0.3) is 0 Å². The van der Waals surface area contributed by atoms with Gasteiger partial charge in [-0.2, -0.15) is 0 Å². The number of hydrogen-bond donors (Lipinski definition) is 2. The van der Waals surface area contributed by atoms with E-state index in [0.29, 0.717) is 13.1 Å². The van der Waals surface area contributed by atoms with E-state index in [4.69, 9.17) is 0 Å². The van der Waals surface area contributed by atoms with Gasteiger partial charge in [-0.15, -0.1) is 46.7 Å². The van der Waals surface area contributed by atoms with Crippen LogP contribution in [0.4, 0.5) is 10.3 Å². The van der Waals surface area contributed by atoms with Crippen molar-refractivity contribution in [1.82, 2.24) is 20.6 Å². The fourth-order valence-corrected chi connectivity index (χ4v) is 3.34. The molecule has 2 aromatic rings. The molecule has 0 aliphatic rings. The van der Waals surface area contributed by atoms with Gasteiger partial charge < -0.3 is 20.4 Å². The molecule has 0 aromatic carbocycles. The van der Waals surface area contributed by atoms with E-state index in [1.54, 1.807) is 22.7 Å². The summed E-state index contributed by atoms with van der Waals surface area (Å²) in [5.41, 5.74) is 1.99. The van der Waals surface area contributed by atoms with Crippen LogP contribution in [0.3, 0.4) is 0 Å². The zero-order chi connectivity index (χ0) is 17.5. The van der Waals surface area contributed by atoms with Crippen molar-refractivity contribution < 1.29 is 0 Å². The lowest BCUT2D eigenvalue weighted by Gasteiger charge is -2.10. The van der Waals surface area contributed by atoms with Gasteiger partial charge in [0.05, 0.1) is 24.5 Å². The van der Waals surface area contributed by atoms with Crippen LogP contribution < -0.4 is 20.4 Å². The Kier molecular flexibility index (Phi) is 9.43. The molecule has 25 heavy (non-hydrogen) atoms. The SMILES string of the molecule is CCNC(=NCc1csc(N(C)C)n1)NCc1csc(N(C)C)n1.I. The van der Waals surface area contributed by atoms with Crippen LogP contribution >= 0.6 is 46.7 Å². The predicted octanol–water partition coefficient (Wildman–Crippen LogP) is 2.60. The average molecular weight is 495 g/mol. The molecule has 0 aliphatic carbocycles. The van der Waals surface area contributed by atoms with Gasteiger partial charge in [0.15, 0.2) is 16.2 Å². The van der Waals surface area contributed by atoms with E-state index in [1.807, 2.05) is 43.4 Å². The van der Waals surface area contributed by atoms with Crippen LogP contribution in [-0.2, 0) is 13.1 Å². The fraction of sp³-hybridized carbons (Fsp3) is 0.533. The molecule has 2 N–H and O–H groups in total. The average Bonchev–Trinajstić information content (AvgIpc) is 3.19. The number of nitrogens with zero attached hydrogens (tertiary/aromatic N) is 5. The topological polar surface area (TPSA) is 68.7 Å². The van der Waals surface area contributed by atoms with Crippen LogP contribution in [0.5, 0.6) is 0 Å². The second-order valence-corrected chi connectivity index (χ2v) is 7.25. The van der Waals surface area contributed by atoms with Crippen molar-refractivity contribution in [3.8, 4) is 0 Å². The van der Waals surface area contributed by atoms with E-state index in [1.165, 1.54) is 0 Å². The summed E-state index contributed by atoms with van der Waals surface area (Å²) in [5.74, 6) is 0.774. The highest BCUT2D eigenvalue weighted by molar-refractivity contribution is 14.0. The van der Waals surface area contributed by atoms with E-state index in [9.17, 15) is 0 Å². The molecule has 0 bridgehead atoms. The van der Waals surface area contributed by atoms with Crippen molar-refractivity contribution >= 4 is 62.9 Å². The summed E-state index contributed by atoms with van der Waals surface area (Å²) < 4.78 is 0. The van der Waals surface area contributed by atoms with E-state index < -0.39 is 0 Å². The molecule has 0 saturated heterocycles. The van der Waals surface area contributed by atoms with Crippen molar-refractivity contribution in [3.63, 3.8) is 0 Å². The van der Waals surface area contributed by atoms with Gasteiger partial charge in [0, 0.05) is 45.5 Å². The van der Waals surface area contributed by atoms with Crippen molar-refractivity contribution in [1.29, 1.82) is 0 Å². The Morgan fingerprint density at radius 1 is 1.00 bits per heavy atom. The van der Waals surface area contributed by atoms with Crippen molar-refractivity contribution in [2.75, 3.05) is 44.5 Å². The number of guanidine groups is 1. The Bertz CT molecular complexity index is 666. The maximum Gasteiger partial charge on any atom is 0.191 e. The zero-order valence-electron chi connectivity index (χ0n) is 15.2. The molecule has 0 unspecified atom stereocenters. The van der Waals surface area contributed by atoms with Gasteiger partial charge in [-0.3, -0.25) is 0 Å². The lowest BCUT2D eigenvalue weighted by Crippen LogP contribution is -2.36. The molecule has 0 amide bonds. The molecule has 2 aromatic heterocycles. The molecule has 0 fully saturated rings. The number of rotatable bonds is 7. The molecule has 0 spiro atoms. The third-order valence-corrected chi connectivity index (χ3v) is 5.14. The van der Waals surface area contributed by atoms with E-state index >= 15 is 0 Å². The molecule has 0 saturated carbocycles. The lowest BCUT2D eigenvalue weighted by molar-refractivity contribution is 0.800. The number of nitrogens with one attached hydrogen (secondary N) is 2. The zero-order valence-corrected chi connectivity index (χ0v) is 19.2. The van der Waals surface area contributed by atoms with Crippen molar-refractivity contribution in [3.05, 3.63) is 22.1 Å². The third kappa shape index (κ3) is 6.94. The Hall–Kier alpha value is -1.14. The number of hydrogen-bond acceptors (Lipinski definition) is 7. The predicted molar refractivity (Wildman–Crippen MR) is 120 cm³/mol. The first kappa shape index (κ1) is 21.9. The monoisotopic (exact) mass is 495 g/mol. The van der Waals surface area contributed by atoms with Gasteiger partial charge in [0.1, 0.15) is 0 Å². The Morgan fingerprint density at radius 3 is 2.08 bits per heavy atom. The number of thiazole rings is 2. The Labute approximate surface area is 174 Å². The second kappa shape index (κ2) is 10.8. The summed E-state index contributed by atoms with van der Waals surface area (Å²) in [6.45, 7) is 4.07. The summed E-state index contributed by atoms with van der Waals surface area (Å²) in [6.07, 6.45) is 0. The van der Waals surface area contributed by atoms with Gasteiger partial charge in [0.25, 0.3) is 0 Å². The van der Waals surface area contributed by atoms with Crippen molar-refractivity contribution in [2.24, 2.45) is 4.99 Å². The Morgan fingerprint density at radius 2 is 1.56 bits per heavy atom. The van der Waals surface area contributed by atoms with Gasteiger partial charge in [-0.1, -0.05) is 0 Å². The maximum atomic E-state index is 4.60. The van der Waals surface area contributed by atoms with Crippen LogP contribution in [-0.4, -0.2) is 50.7 Å². The highest BCUT2D eigenvalue weighted by Crippen LogP contribution is 2.19. The summed E-state index contributed by atoms with van der Waals surface area (Å²) in [6, 6.07) is 0. The van der Waals surface area contributed by atoms with Gasteiger partial charge in [0.2, 0.25) is 0 Å². The molecule has 2 rings (SSSR count). The quantitative estimate of drug-likeness (QED) is 0.350. The van der Waals surface area contributed by atoms with Crippen LogP contribution in [0.1, 0.15) is 18.3 Å². The van der Waals surface area contributed by atoms with Crippen LogP contribution in [0.2, 0.25) is 0 Å². The van der Waals surface area contributed by atoms with E-state index in [2.05, 4.69) is 37.9 Å². The fourth-order valence-electron chi connectivity index (χ4n) is 1.83. The molecule has 0 atom stereocenters. The van der Waals surface area contributed by atoms with Crippen molar-refractivity contribution in [2.45, 2.75) is 20.0 Å². The lowest BCUT2D eigenvalue weighted by atomic mass is 10.5. The maximum absolute atomic E-state index is 4.60. The first-order chi connectivity index (χ1) is 11.5. The summed E-state index contributed by atoms with van der Waals surface area (Å²) in [4.78, 5) is 17.7.